The highest BCUT2D eigenvalue weighted by Gasteiger charge is 2.12. The summed E-state index contributed by atoms with van der Waals surface area (Å²) in [4.78, 5) is 0. The number of aromatic nitrogens is 2. The van der Waals surface area contributed by atoms with Crippen molar-refractivity contribution in [2.24, 2.45) is 0 Å². The third kappa shape index (κ3) is 2.51. The highest BCUT2D eigenvalue weighted by Crippen LogP contribution is 2.31. The van der Waals surface area contributed by atoms with Crippen molar-refractivity contribution in [2.45, 2.75) is 12.3 Å². The van der Waals surface area contributed by atoms with E-state index >= 15 is 0 Å². The Balaban J connectivity index is 2.00. The second kappa shape index (κ2) is 5.42. The van der Waals surface area contributed by atoms with E-state index in [0.29, 0.717) is 11.9 Å². The summed E-state index contributed by atoms with van der Waals surface area (Å²) >= 11 is 9.45. The number of anilines is 2. The molecule has 1 atom stereocenters. The van der Waals surface area contributed by atoms with E-state index < -0.39 is 0 Å². The van der Waals surface area contributed by atoms with E-state index in [2.05, 4.69) is 31.4 Å². The van der Waals surface area contributed by atoms with Crippen LogP contribution in [0.15, 0.2) is 45.3 Å². The lowest BCUT2D eigenvalue weighted by Gasteiger charge is -2.07. The fourth-order valence-electron chi connectivity index (χ4n) is 1.93. The van der Waals surface area contributed by atoms with E-state index in [9.17, 15) is 0 Å². The first-order valence-corrected chi connectivity index (χ1v) is 7.30. The van der Waals surface area contributed by atoms with Gasteiger partial charge in [-0.2, -0.15) is 0 Å². The number of fused-ring (bicyclic) bond motifs is 1. The first kappa shape index (κ1) is 13.4. The molecule has 0 fully saturated rings. The lowest BCUT2D eigenvalue weighted by molar-refractivity contribution is 0.510. The predicted molar refractivity (Wildman–Crippen MR) is 83.5 cm³/mol. The largest absolute Gasteiger partial charge is 0.406 e. The number of rotatable bonds is 3. The van der Waals surface area contributed by atoms with Crippen LogP contribution in [-0.4, -0.2) is 10.2 Å². The Morgan fingerprint density at radius 2 is 1.90 bits per heavy atom. The second-order valence-corrected chi connectivity index (χ2v) is 5.84. The average molecular weight is 353 g/mol. The summed E-state index contributed by atoms with van der Waals surface area (Å²) < 4.78 is 6.49. The summed E-state index contributed by atoms with van der Waals surface area (Å²) in [6, 6.07) is 12.3. The molecule has 0 aliphatic rings. The molecule has 3 aromatic rings. The van der Waals surface area contributed by atoms with Crippen molar-refractivity contribution >= 4 is 50.0 Å². The topological polar surface area (TPSA) is 51.0 Å². The van der Waals surface area contributed by atoms with Gasteiger partial charge < -0.3 is 9.73 Å². The average Bonchev–Trinajstić information content (AvgIpc) is 2.91. The van der Waals surface area contributed by atoms with Crippen molar-refractivity contribution in [2.75, 3.05) is 5.32 Å². The van der Waals surface area contributed by atoms with Gasteiger partial charge in [-0.1, -0.05) is 45.3 Å². The molecule has 1 aromatic heterocycles. The minimum Gasteiger partial charge on any atom is -0.406 e. The molecule has 1 heterocycles. The molecule has 0 bridgehead atoms. The molecule has 0 radical (unpaired) electrons. The number of benzene rings is 2. The number of hydrogen-bond acceptors (Lipinski definition) is 4. The van der Waals surface area contributed by atoms with Gasteiger partial charge in [0.2, 0.25) is 5.89 Å². The summed E-state index contributed by atoms with van der Waals surface area (Å²) in [5.41, 5.74) is 0.904. The summed E-state index contributed by atoms with van der Waals surface area (Å²) in [6.07, 6.45) is 0. The molecule has 6 heteroatoms. The Hall–Kier alpha value is -1.59. The first-order chi connectivity index (χ1) is 9.65. The van der Waals surface area contributed by atoms with Gasteiger partial charge in [-0.25, -0.2) is 0 Å². The van der Waals surface area contributed by atoms with Gasteiger partial charge in [-0.05, 0) is 24.4 Å². The van der Waals surface area contributed by atoms with Gasteiger partial charge in [0.1, 0.15) is 5.38 Å². The van der Waals surface area contributed by atoms with Gasteiger partial charge in [0.15, 0.2) is 0 Å². The minimum absolute atomic E-state index is 0.306. The van der Waals surface area contributed by atoms with Crippen LogP contribution >= 0.6 is 27.5 Å². The highest BCUT2D eigenvalue weighted by atomic mass is 79.9. The van der Waals surface area contributed by atoms with E-state index in [0.717, 1.165) is 20.9 Å². The SMILES string of the molecule is CC(Cl)c1nnc(Nc2ccc(Br)c3ccccc23)o1. The molecule has 20 heavy (non-hydrogen) atoms. The summed E-state index contributed by atoms with van der Waals surface area (Å²) in [6.45, 7) is 1.79. The van der Waals surface area contributed by atoms with E-state index in [-0.39, 0.29) is 5.38 Å². The number of nitrogens with zero attached hydrogens (tertiary/aromatic N) is 2. The first-order valence-electron chi connectivity index (χ1n) is 6.07. The Morgan fingerprint density at radius 3 is 2.60 bits per heavy atom. The molecule has 102 valence electrons. The second-order valence-electron chi connectivity index (χ2n) is 4.33. The van der Waals surface area contributed by atoms with Crippen LogP contribution in [0.3, 0.4) is 0 Å². The summed E-state index contributed by atoms with van der Waals surface area (Å²) in [7, 11) is 0. The Morgan fingerprint density at radius 1 is 1.15 bits per heavy atom. The monoisotopic (exact) mass is 351 g/mol. The van der Waals surface area contributed by atoms with Crippen LogP contribution in [0.1, 0.15) is 18.2 Å². The van der Waals surface area contributed by atoms with Crippen LogP contribution in [0.25, 0.3) is 10.8 Å². The van der Waals surface area contributed by atoms with E-state index in [1.165, 1.54) is 0 Å². The van der Waals surface area contributed by atoms with E-state index in [4.69, 9.17) is 16.0 Å². The van der Waals surface area contributed by atoms with Gasteiger partial charge in [0, 0.05) is 9.86 Å². The van der Waals surface area contributed by atoms with E-state index in [1.54, 1.807) is 6.92 Å². The third-order valence-electron chi connectivity index (χ3n) is 2.89. The maximum absolute atomic E-state index is 5.91. The number of alkyl halides is 1. The minimum atomic E-state index is -0.306. The molecule has 0 aliphatic heterocycles. The molecule has 0 aliphatic carbocycles. The molecule has 2 aromatic carbocycles. The highest BCUT2D eigenvalue weighted by molar-refractivity contribution is 9.10. The van der Waals surface area contributed by atoms with E-state index in [1.807, 2.05) is 36.4 Å². The van der Waals surface area contributed by atoms with Crippen LogP contribution in [0.2, 0.25) is 0 Å². The van der Waals surface area contributed by atoms with Crippen molar-refractivity contribution in [3.63, 3.8) is 0 Å². The van der Waals surface area contributed by atoms with Crippen molar-refractivity contribution in [3.05, 3.63) is 46.8 Å². The normalized spacial score (nSPS) is 12.6. The smallest absolute Gasteiger partial charge is 0.320 e. The maximum atomic E-state index is 5.91. The van der Waals surface area contributed by atoms with Crippen molar-refractivity contribution in [3.8, 4) is 0 Å². The summed E-state index contributed by atoms with van der Waals surface area (Å²) in [5.74, 6) is 0.399. The number of hydrogen-bond donors (Lipinski definition) is 1. The van der Waals surface area contributed by atoms with Crippen LogP contribution in [-0.2, 0) is 0 Å². The standard InChI is InChI=1S/C14H11BrClN3O/c1-8(16)13-18-19-14(20-13)17-12-7-6-11(15)9-4-2-3-5-10(9)12/h2-8H,1H3,(H,17,19). The van der Waals surface area contributed by atoms with Gasteiger partial charge >= 0.3 is 6.01 Å². The molecule has 0 saturated heterocycles. The molecule has 1 N–H and O–H groups in total. The zero-order valence-electron chi connectivity index (χ0n) is 10.6. The van der Waals surface area contributed by atoms with Crippen molar-refractivity contribution < 1.29 is 4.42 Å². The van der Waals surface area contributed by atoms with Gasteiger partial charge in [0.25, 0.3) is 0 Å². The van der Waals surface area contributed by atoms with Crippen LogP contribution in [0.4, 0.5) is 11.7 Å². The lowest BCUT2D eigenvalue weighted by Crippen LogP contribution is -1.92. The van der Waals surface area contributed by atoms with Crippen molar-refractivity contribution in [1.29, 1.82) is 0 Å². The number of nitrogens with one attached hydrogen (secondary N) is 1. The summed E-state index contributed by atoms with van der Waals surface area (Å²) in [5, 5.41) is 12.8. The molecule has 0 spiro atoms. The Labute approximate surface area is 129 Å². The molecule has 0 amide bonds. The zero-order valence-corrected chi connectivity index (χ0v) is 12.9. The molecule has 3 rings (SSSR count). The predicted octanol–water partition coefficient (Wildman–Crippen LogP) is 5.03. The maximum Gasteiger partial charge on any atom is 0.320 e. The fraction of sp³-hybridized carbons (Fsp3) is 0.143. The number of halogens is 2. The van der Waals surface area contributed by atoms with Crippen molar-refractivity contribution in [1.82, 2.24) is 10.2 Å². The molecular weight excluding hydrogens is 342 g/mol. The van der Waals surface area contributed by atoms with Gasteiger partial charge in [0.05, 0.1) is 5.69 Å². The third-order valence-corrected chi connectivity index (χ3v) is 3.77. The molecular formula is C14H11BrClN3O. The van der Waals surface area contributed by atoms with Crippen LogP contribution in [0.5, 0.6) is 0 Å². The lowest BCUT2D eigenvalue weighted by atomic mass is 10.1. The van der Waals surface area contributed by atoms with Crippen LogP contribution < -0.4 is 5.32 Å². The Kier molecular flexibility index (Phi) is 3.63. The zero-order chi connectivity index (χ0) is 14.1. The molecule has 4 nitrogen and oxygen atoms in total. The van der Waals surface area contributed by atoms with Crippen LogP contribution in [0, 0.1) is 0 Å². The Bertz CT molecular complexity index is 757. The molecule has 0 saturated carbocycles. The van der Waals surface area contributed by atoms with Gasteiger partial charge in [-0.3, -0.25) is 0 Å². The van der Waals surface area contributed by atoms with Gasteiger partial charge in [-0.15, -0.1) is 16.7 Å². The quantitative estimate of drug-likeness (QED) is 0.672. The molecule has 1 unspecified atom stereocenters. The fourth-order valence-corrected chi connectivity index (χ4v) is 2.50.